The molecule has 2 heterocycles. The molecule has 30 heavy (non-hydrogen) atoms. The Morgan fingerprint density at radius 3 is 2.77 bits per heavy atom. The van der Waals surface area contributed by atoms with Crippen molar-refractivity contribution in [3.05, 3.63) is 56.6 Å². The van der Waals surface area contributed by atoms with Crippen LogP contribution in [0, 0.1) is 13.8 Å². The molecule has 0 amide bonds. The standard InChI is InChI=1S/C22H24ClN3O3S/c1-13-10-18(14(2)26(13)16-5-6-16)20(27)12-30-22-24-19-11-15(23)4-7-17(19)21(28)25(22)8-9-29-3/h4,7,10-11,16H,5-6,8-9,12H2,1-3H3. The van der Waals surface area contributed by atoms with Gasteiger partial charge in [-0.25, -0.2) is 4.98 Å². The molecule has 0 atom stereocenters. The summed E-state index contributed by atoms with van der Waals surface area (Å²) in [5.74, 6) is 0.249. The first-order chi connectivity index (χ1) is 14.4. The van der Waals surface area contributed by atoms with Gasteiger partial charge in [-0.2, -0.15) is 0 Å². The van der Waals surface area contributed by atoms with E-state index in [2.05, 4.69) is 9.55 Å². The Balaban J connectivity index is 1.63. The molecule has 0 N–H and O–H groups in total. The number of hydrogen-bond acceptors (Lipinski definition) is 5. The van der Waals surface area contributed by atoms with E-state index in [0.29, 0.717) is 40.3 Å². The molecule has 0 radical (unpaired) electrons. The number of Topliss-reactive ketones (excluding diaryl/α,β-unsaturated/α-hetero) is 1. The first-order valence-corrected chi connectivity index (χ1v) is 11.3. The third-order valence-corrected chi connectivity index (χ3v) is 6.64. The van der Waals surface area contributed by atoms with Crippen LogP contribution >= 0.6 is 23.4 Å². The molecule has 1 fully saturated rings. The molecule has 0 spiro atoms. The number of carbonyl (C=O) groups is 1. The predicted octanol–water partition coefficient (Wildman–Crippen LogP) is 4.42. The van der Waals surface area contributed by atoms with Gasteiger partial charge in [-0.3, -0.25) is 14.2 Å². The molecule has 3 aromatic rings. The van der Waals surface area contributed by atoms with E-state index in [9.17, 15) is 9.59 Å². The lowest BCUT2D eigenvalue weighted by molar-refractivity contribution is 0.102. The van der Waals surface area contributed by atoms with Gasteiger partial charge in [0, 0.05) is 35.1 Å². The summed E-state index contributed by atoms with van der Waals surface area (Å²) in [5.41, 5.74) is 3.27. The molecule has 8 heteroatoms. The Labute approximate surface area is 184 Å². The van der Waals surface area contributed by atoms with E-state index in [-0.39, 0.29) is 17.1 Å². The van der Waals surface area contributed by atoms with Gasteiger partial charge in [0.2, 0.25) is 0 Å². The molecule has 158 valence electrons. The summed E-state index contributed by atoms with van der Waals surface area (Å²) in [6.07, 6.45) is 2.35. The van der Waals surface area contributed by atoms with Gasteiger partial charge in [0.05, 0.1) is 29.8 Å². The average Bonchev–Trinajstić information content (AvgIpc) is 3.49. The molecule has 4 rings (SSSR count). The van der Waals surface area contributed by atoms with Crippen molar-refractivity contribution in [1.29, 1.82) is 0 Å². The summed E-state index contributed by atoms with van der Waals surface area (Å²) in [4.78, 5) is 30.6. The SMILES string of the molecule is COCCn1c(SCC(=O)c2cc(C)n(C3CC3)c2C)nc2cc(Cl)ccc2c1=O. The third-order valence-electron chi connectivity index (χ3n) is 5.43. The number of nitrogens with zero attached hydrogens (tertiary/aromatic N) is 3. The van der Waals surface area contributed by atoms with Crippen molar-refractivity contribution < 1.29 is 9.53 Å². The molecule has 1 aromatic carbocycles. The van der Waals surface area contributed by atoms with Crippen molar-refractivity contribution in [2.24, 2.45) is 0 Å². The number of carbonyl (C=O) groups excluding carboxylic acids is 1. The van der Waals surface area contributed by atoms with E-state index in [1.54, 1.807) is 29.9 Å². The summed E-state index contributed by atoms with van der Waals surface area (Å²) < 4.78 is 9.00. The molecule has 1 saturated carbocycles. The molecule has 1 aliphatic carbocycles. The molecular formula is C22H24ClN3O3S. The van der Waals surface area contributed by atoms with Crippen LogP contribution in [0.3, 0.4) is 0 Å². The van der Waals surface area contributed by atoms with E-state index in [1.807, 2.05) is 19.9 Å². The van der Waals surface area contributed by atoms with Gasteiger partial charge in [-0.05, 0) is 51.0 Å². The molecule has 2 aromatic heterocycles. The summed E-state index contributed by atoms with van der Waals surface area (Å²) in [6, 6.07) is 7.55. The lowest BCUT2D eigenvalue weighted by Crippen LogP contribution is -2.25. The Bertz CT molecular complexity index is 1180. The first kappa shape index (κ1) is 21.2. The number of hydrogen-bond donors (Lipinski definition) is 0. The highest BCUT2D eigenvalue weighted by atomic mass is 35.5. The summed E-state index contributed by atoms with van der Waals surface area (Å²) in [5, 5.41) is 1.51. The Morgan fingerprint density at radius 2 is 2.07 bits per heavy atom. The number of aryl methyl sites for hydroxylation is 1. The van der Waals surface area contributed by atoms with Crippen LogP contribution in [0.15, 0.2) is 34.2 Å². The number of thioether (sulfide) groups is 1. The Morgan fingerprint density at radius 1 is 1.30 bits per heavy atom. The summed E-state index contributed by atoms with van der Waals surface area (Å²) in [7, 11) is 1.59. The van der Waals surface area contributed by atoms with Gasteiger partial charge in [0.25, 0.3) is 5.56 Å². The van der Waals surface area contributed by atoms with Crippen molar-refractivity contribution in [3.63, 3.8) is 0 Å². The van der Waals surface area contributed by atoms with Crippen LogP contribution in [0.5, 0.6) is 0 Å². The van der Waals surface area contributed by atoms with E-state index >= 15 is 0 Å². The zero-order valence-corrected chi connectivity index (χ0v) is 18.8. The monoisotopic (exact) mass is 445 g/mol. The topological polar surface area (TPSA) is 66.1 Å². The van der Waals surface area contributed by atoms with Crippen molar-refractivity contribution in [1.82, 2.24) is 14.1 Å². The second-order valence-electron chi connectivity index (χ2n) is 7.60. The second kappa shape index (κ2) is 8.57. The van der Waals surface area contributed by atoms with Crippen LogP contribution in [0.1, 0.15) is 40.6 Å². The number of aromatic nitrogens is 3. The van der Waals surface area contributed by atoms with Crippen LogP contribution in [0.25, 0.3) is 10.9 Å². The first-order valence-electron chi connectivity index (χ1n) is 9.94. The maximum absolute atomic E-state index is 13.0. The Kier molecular flexibility index (Phi) is 6.04. The molecule has 0 unspecified atom stereocenters. The van der Waals surface area contributed by atoms with Gasteiger partial charge in [0.1, 0.15) is 0 Å². The number of benzene rings is 1. The Hall–Kier alpha value is -2.09. The van der Waals surface area contributed by atoms with Crippen LogP contribution < -0.4 is 5.56 Å². The molecule has 0 saturated heterocycles. The van der Waals surface area contributed by atoms with Crippen LogP contribution in [-0.4, -0.2) is 39.4 Å². The fourth-order valence-corrected chi connectivity index (χ4v) is 4.90. The molecule has 1 aliphatic rings. The fourth-order valence-electron chi connectivity index (χ4n) is 3.83. The molecule has 6 nitrogen and oxygen atoms in total. The highest BCUT2D eigenvalue weighted by molar-refractivity contribution is 7.99. The number of fused-ring (bicyclic) bond motifs is 1. The predicted molar refractivity (Wildman–Crippen MR) is 120 cm³/mol. The number of methoxy groups -OCH3 is 1. The van der Waals surface area contributed by atoms with Gasteiger partial charge < -0.3 is 9.30 Å². The van der Waals surface area contributed by atoms with E-state index < -0.39 is 0 Å². The maximum atomic E-state index is 13.0. The largest absolute Gasteiger partial charge is 0.383 e. The maximum Gasteiger partial charge on any atom is 0.262 e. The van der Waals surface area contributed by atoms with Gasteiger partial charge in [-0.1, -0.05) is 23.4 Å². The van der Waals surface area contributed by atoms with E-state index in [0.717, 1.165) is 17.0 Å². The number of halogens is 1. The number of ether oxygens (including phenoxy) is 1. The minimum Gasteiger partial charge on any atom is -0.383 e. The smallest absolute Gasteiger partial charge is 0.262 e. The van der Waals surface area contributed by atoms with Gasteiger partial charge >= 0.3 is 0 Å². The summed E-state index contributed by atoms with van der Waals surface area (Å²) >= 11 is 7.36. The molecule has 0 bridgehead atoms. The second-order valence-corrected chi connectivity index (χ2v) is 8.98. The van der Waals surface area contributed by atoms with Crippen molar-refractivity contribution >= 4 is 40.0 Å². The van der Waals surface area contributed by atoms with E-state index in [1.165, 1.54) is 24.6 Å². The lowest BCUT2D eigenvalue weighted by Gasteiger charge is -2.13. The molecular weight excluding hydrogens is 422 g/mol. The van der Waals surface area contributed by atoms with Crippen LogP contribution in [-0.2, 0) is 11.3 Å². The number of ketones is 1. The van der Waals surface area contributed by atoms with E-state index in [4.69, 9.17) is 16.3 Å². The minimum absolute atomic E-state index is 0.0405. The highest BCUT2D eigenvalue weighted by Crippen LogP contribution is 2.38. The lowest BCUT2D eigenvalue weighted by atomic mass is 10.2. The zero-order valence-electron chi connectivity index (χ0n) is 17.3. The molecule has 0 aliphatic heterocycles. The average molecular weight is 446 g/mol. The fraction of sp³-hybridized carbons (Fsp3) is 0.409. The van der Waals surface area contributed by atoms with Crippen molar-refractivity contribution in [2.75, 3.05) is 19.5 Å². The van der Waals surface area contributed by atoms with Crippen LogP contribution in [0.2, 0.25) is 5.02 Å². The number of rotatable bonds is 8. The highest BCUT2D eigenvalue weighted by Gasteiger charge is 2.28. The van der Waals surface area contributed by atoms with Crippen LogP contribution in [0.4, 0.5) is 0 Å². The minimum atomic E-state index is -0.157. The van der Waals surface area contributed by atoms with Crippen molar-refractivity contribution in [2.45, 2.75) is 44.4 Å². The normalized spacial score (nSPS) is 13.9. The quantitative estimate of drug-likeness (QED) is 0.291. The third kappa shape index (κ3) is 4.06. The van der Waals surface area contributed by atoms with Crippen molar-refractivity contribution in [3.8, 4) is 0 Å². The summed E-state index contributed by atoms with van der Waals surface area (Å²) in [6.45, 7) is 4.80. The zero-order chi connectivity index (χ0) is 21.4. The van der Waals surface area contributed by atoms with Gasteiger partial charge in [0.15, 0.2) is 10.9 Å². The van der Waals surface area contributed by atoms with Gasteiger partial charge in [-0.15, -0.1) is 0 Å².